The molecule has 1 rings (SSSR count). The smallest absolute Gasteiger partial charge is 0.328 e. The van der Waals surface area contributed by atoms with Crippen LogP contribution in [0, 0.1) is 10.1 Å². The molecule has 6 heteroatoms. The van der Waals surface area contributed by atoms with Gasteiger partial charge in [0.25, 0.3) is 5.69 Å². The lowest BCUT2D eigenvalue weighted by molar-refractivity contribution is -0.385. The Bertz CT molecular complexity index is 442. The predicted molar refractivity (Wildman–Crippen MR) is 57.5 cm³/mol. The Morgan fingerprint density at radius 1 is 1.53 bits per heavy atom. The van der Waals surface area contributed by atoms with E-state index in [0.717, 1.165) is 6.08 Å². The molecule has 0 spiro atoms. The van der Waals surface area contributed by atoms with Crippen molar-refractivity contribution in [2.45, 2.75) is 0 Å². The van der Waals surface area contributed by atoms with Gasteiger partial charge in [0.2, 0.25) is 0 Å². The highest BCUT2D eigenvalue weighted by atomic mass is 79.9. The summed E-state index contributed by atoms with van der Waals surface area (Å²) in [6.07, 6.45) is 2.04. The number of carboxylic acids is 1. The molecule has 15 heavy (non-hydrogen) atoms. The minimum Gasteiger partial charge on any atom is -0.478 e. The van der Waals surface area contributed by atoms with Gasteiger partial charge in [-0.15, -0.1) is 0 Å². The molecule has 0 aliphatic heterocycles. The Balaban J connectivity index is 3.18. The van der Waals surface area contributed by atoms with Gasteiger partial charge >= 0.3 is 5.97 Å². The van der Waals surface area contributed by atoms with E-state index in [4.69, 9.17) is 5.11 Å². The highest BCUT2D eigenvalue weighted by Gasteiger charge is 2.11. The van der Waals surface area contributed by atoms with Crippen molar-refractivity contribution in [1.29, 1.82) is 0 Å². The number of rotatable bonds is 3. The van der Waals surface area contributed by atoms with Crippen LogP contribution in [-0.4, -0.2) is 16.0 Å². The van der Waals surface area contributed by atoms with E-state index in [0.29, 0.717) is 4.47 Å². The highest BCUT2D eigenvalue weighted by molar-refractivity contribution is 9.10. The maximum Gasteiger partial charge on any atom is 0.328 e. The average Bonchev–Trinajstić information content (AvgIpc) is 2.14. The van der Waals surface area contributed by atoms with E-state index in [1.165, 1.54) is 24.3 Å². The zero-order valence-corrected chi connectivity index (χ0v) is 8.97. The topological polar surface area (TPSA) is 80.4 Å². The molecule has 0 fully saturated rings. The summed E-state index contributed by atoms with van der Waals surface area (Å²) in [4.78, 5) is 20.3. The van der Waals surface area contributed by atoms with E-state index in [1.807, 2.05) is 0 Å². The molecule has 78 valence electrons. The summed E-state index contributed by atoms with van der Waals surface area (Å²) >= 11 is 3.15. The zero-order chi connectivity index (χ0) is 11.4. The highest BCUT2D eigenvalue weighted by Crippen LogP contribution is 2.23. The second kappa shape index (κ2) is 4.70. The first-order valence-corrected chi connectivity index (χ1v) is 4.65. The zero-order valence-electron chi connectivity index (χ0n) is 7.38. The van der Waals surface area contributed by atoms with Crippen LogP contribution in [-0.2, 0) is 4.79 Å². The van der Waals surface area contributed by atoms with Crippen LogP contribution in [0.3, 0.4) is 0 Å². The number of nitro groups is 1. The summed E-state index contributed by atoms with van der Waals surface area (Å²) in [5.74, 6) is -1.15. The maximum atomic E-state index is 10.6. The molecule has 1 N–H and O–H groups in total. The number of carbonyl (C=O) groups is 1. The van der Waals surface area contributed by atoms with Gasteiger partial charge in [-0.1, -0.05) is 15.9 Å². The van der Waals surface area contributed by atoms with E-state index in [1.54, 1.807) is 0 Å². The van der Waals surface area contributed by atoms with Crippen LogP contribution in [0.5, 0.6) is 0 Å². The van der Waals surface area contributed by atoms with Crippen molar-refractivity contribution in [1.82, 2.24) is 0 Å². The number of nitro benzene ring substituents is 1. The van der Waals surface area contributed by atoms with Crippen LogP contribution >= 0.6 is 15.9 Å². The van der Waals surface area contributed by atoms with Crippen molar-refractivity contribution in [2.24, 2.45) is 0 Å². The first kappa shape index (κ1) is 11.4. The second-order valence-electron chi connectivity index (χ2n) is 2.63. The monoisotopic (exact) mass is 271 g/mol. The van der Waals surface area contributed by atoms with Crippen LogP contribution < -0.4 is 0 Å². The Kier molecular flexibility index (Phi) is 3.56. The van der Waals surface area contributed by atoms with Crippen molar-refractivity contribution < 1.29 is 14.8 Å². The predicted octanol–water partition coefficient (Wildman–Crippen LogP) is 2.46. The Morgan fingerprint density at radius 2 is 2.20 bits per heavy atom. The normalized spacial score (nSPS) is 10.5. The van der Waals surface area contributed by atoms with E-state index in [-0.39, 0.29) is 11.3 Å². The number of halogens is 1. The van der Waals surface area contributed by atoms with Gasteiger partial charge in [0.05, 0.1) is 10.5 Å². The van der Waals surface area contributed by atoms with Crippen molar-refractivity contribution in [3.8, 4) is 0 Å². The molecule has 0 aliphatic rings. The Hall–Kier alpha value is -1.69. The Labute approximate surface area is 93.3 Å². The van der Waals surface area contributed by atoms with Gasteiger partial charge < -0.3 is 5.11 Å². The number of nitrogens with zero attached hydrogens (tertiary/aromatic N) is 1. The van der Waals surface area contributed by atoms with Gasteiger partial charge in [0.1, 0.15) is 0 Å². The first-order valence-electron chi connectivity index (χ1n) is 3.85. The van der Waals surface area contributed by atoms with E-state index < -0.39 is 10.9 Å². The fourth-order valence-corrected chi connectivity index (χ4v) is 1.36. The maximum absolute atomic E-state index is 10.6. The Morgan fingerprint density at radius 3 is 2.73 bits per heavy atom. The molecule has 0 atom stereocenters. The van der Waals surface area contributed by atoms with Gasteiger partial charge in [0.15, 0.2) is 0 Å². The quantitative estimate of drug-likeness (QED) is 0.520. The molecule has 0 unspecified atom stereocenters. The molecule has 0 heterocycles. The molecule has 5 nitrogen and oxygen atoms in total. The number of hydrogen-bond acceptors (Lipinski definition) is 3. The molecule has 0 amide bonds. The summed E-state index contributed by atoms with van der Waals surface area (Å²) < 4.78 is 0.651. The van der Waals surface area contributed by atoms with E-state index in [9.17, 15) is 14.9 Å². The minimum absolute atomic E-state index is 0.129. The molecular formula is C9H6BrNO4. The lowest BCUT2D eigenvalue weighted by Gasteiger charge is -1.97. The molecule has 1 aromatic rings. The van der Waals surface area contributed by atoms with Gasteiger partial charge in [-0.05, 0) is 18.2 Å². The third kappa shape index (κ3) is 3.17. The number of benzene rings is 1. The summed E-state index contributed by atoms with van der Waals surface area (Å²) in [5, 5.41) is 19.0. The molecule has 0 radical (unpaired) electrons. The third-order valence-electron chi connectivity index (χ3n) is 1.59. The summed E-state index contributed by atoms with van der Waals surface area (Å²) in [7, 11) is 0. The van der Waals surface area contributed by atoms with Crippen LogP contribution in [0.4, 0.5) is 5.69 Å². The summed E-state index contributed by atoms with van der Waals surface area (Å²) in [6, 6.07) is 4.32. The molecule has 0 saturated heterocycles. The van der Waals surface area contributed by atoms with Crippen LogP contribution in [0.25, 0.3) is 6.08 Å². The molecule has 0 aliphatic carbocycles. The first-order chi connectivity index (χ1) is 7.00. The minimum atomic E-state index is -1.15. The van der Waals surface area contributed by atoms with Gasteiger partial charge in [-0.25, -0.2) is 4.79 Å². The molecule has 0 saturated carbocycles. The fraction of sp³-hybridized carbons (Fsp3) is 0. The largest absolute Gasteiger partial charge is 0.478 e. The molecule has 1 aromatic carbocycles. The van der Waals surface area contributed by atoms with Crippen molar-refractivity contribution in [3.05, 3.63) is 44.4 Å². The lowest BCUT2D eigenvalue weighted by atomic mass is 10.1. The number of aliphatic carboxylic acids is 1. The molecular weight excluding hydrogens is 266 g/mol. The fourth-order valence-electron chi connectivity index (χ4n) is 0.986. The van der Waals surface area contributed by atoms with Crippen molar-refractivity contribution in [2.75, 3.05) is 0 Å². The molecule has 0 bridgehead atoms. The summed E-state index contributed by atoms with van der Waals surface area (Å²) in [5.41, 5.74) is 0.118. The number of carboxylic acid groups (broad SMARTS) is 1. The number of hydrogen-bond donors (Lipinski definition) is 1. The van der Waals surface area contributed by atoms with Gasteiger partial charge in [-0.2, -0.15) is 0 Å². The molecule has 0 aromatic heterocycles. The van der Waals surface area contributed by atoms with Crippen molar-refractivity contribution in [3.63, 3.8) is 0 Å². The van der Waals surface area contributed by atoms with Crippen molar-refractivity contribution >= 4 is 33.7 Å². The van der Waals surface area contributed by atoms with Crippen LogP contribution in [0.1, 0.15) is 5.56 Å². The SMILES string of the molecule is O=C(O)C=Cc1cc(Br)ccc1[N+](=O)[O-]. The second-order valence-corrected chi connectivity index (χ2v) is 3.55. The lowest BCUT2D eigenvalue weighted by Crippen LogP contribution is -1.92. The van der Waals surface area contributed by atoms with Crippen LogP contribution in [0.2, 0.25) is 0 Å². The van der Waals surface area contributed by atoms with E-state index in [2.05, 4.69) is 15.9 Å². The van der Waals surface area contributed by atoms with Gasteiger partial charge in [-0.3, -0.25) is 10.1 Å². The van der Waals surface area contributed by atoms with Crippen LogP contribution in [0.15, 0.2) is 28.7 Å². The standard InChI is InChI=1S/C9H6BrNO4/c10-7-2-3-8(11(14)15)6(5-7)1-4-9(12)13/h1-5H,(H,12,13). The van der Waals surface area contributed by atoms with Gasteiger partial charge in [0, 0.05) is 16.6 Å². The van der Waals surface area contributed by atoms with E-state index >= 15 is 0 Å². The average molecular weight is 272 g/mol. The third-order valence-corrected chi connectivity index (χ3v) is 2.08. The summed E-state index contributed by atoms with van der Waals surface area (Å²) in [6.45, 7) is 0.